The Hall–Kier alpha value is -2.25. The molecule has 0 unspecified atom stereocenters. The highest BCUT2D eigenvalue weighted by Crippen LogP contribution is 2.16. The Labute approximate surface area is 126 Å². The molecule has 0 aliphatic rings. The number of nitrogens with one attached hydrogen (secondary N) is 1. The van der Waals surface area contributed by atoms with Crippen LogP contribution in [0, 0.1) is 5.82 Å². The van der Waals surface area contributed by atoms with Gasteiger partial charge in [0.1, 0.15) is 11.6 Å². The molecule has 21 heavy (non-hydrogen) atoms. The van der Waals surface area contributed by atoms with E-state index in [1.807, 2.05) is 0 Å². The molecule has 3 N–H and O–H groups in total. The molecule has 0 atom stereocenters. The van der Waals surface area contributed by atoms with Gasteiger partial charge in [-0.15, -0.1) is 17.9 Å². The van der Waals surface area contributed by atoms with E-state index in [9.17, 15) is 4.39 Å². The predicted octanol–water partition coefficient (Wildman–Crippen LogP) is 3.01. The first-order valence-corrected chi connectivity index (χ1v) is 7.04. The molecule has 0 fully saturated rings. The van der Waals surface area contributed by atoms with Gasteiger partial charge in [0, 0.05) is 10.9 Å². The fraction of sp³-hybridized carbons (Fsp3) is 0.143. The maximum atomic E-state index is 13.8. The summed E-state index contributed by atoms with van der Waals surface area (Å²) >= 11 is 1.34. The molecule has 1 aromatic carbocycles. The second kappa shape index (κ2) is 7.51. The maximum absolute atomic E-state index is 13.8. The van der Waals surface area contributed by atoms with Crippen molar-refractivity contribution < 1.29 is 9.13 Å². The average molecular weight is 306 g/mol. The number of hydrazone groups is 1. The van der Waals surface area contributed by atoms with Crippen molar-refractivity contribution in [3.63, 3.8) is 0 Å². The fourth-order valence-corrected chi connectivity index (χ4v) is 2.06. The molecule has 5 nitrogen and oxygen atoms in total. The van der Waals surface area contributed by atoms with Crippen LogP contribution in [0.2, 0.25) is 0 Å². The van der Waals surface area contributed by atoms with Gasteiger partial charge in [-0.1, -0.05) is 18.2 Å². The molecular formula is C14H15FN4OS. The first kappa shape index (κ1) is 15.1. The summed E-state index contributed by atoms with van der Waals surface area (Å²) < 4.78 is 19.0. The summed E-state index contributed by atoms with van der Waals surface area (Å²) in [6, 6.07) is 4.83. The molecule has 2 rings (SSSR count). The van der Waals surface area contributed by atoms with Crippen molar-refractivity contribution in [1.29, 1.82) is 0 Å². The Morgan fingerprint density at radius 3 is 3.05 bits per heavy atom. The number of halogens is 1. The Balaban J connectivity index is 1.94. The lowest BCUT2D eigenvalue weighted by Crippen LogP contribution is -1.98. The van der Waals surface area contributed by atoms with Gasteiger partial charge < -0.3 is 10.5 Å². The van der Waals surface area contributed by atoms with Gasteiger partial charge in [-0.05, 0) is 11.6 Å². The van der Waals surface area contributed by atoms with Crippen LogP contribution in [0.5, 0.6) is 0 Å². The van der Waals surface area contributed by atoms with Crippen LogP contribution in [0.25, 0.3) is 0 Å². The lowest BCUT2D eigenvalue weighted by atomic mass is 10.1. The van der Waals surface area contributed by atoms with Crippen molar-refractivity contribution in [2.24, 2.45) is 5.10 Å². The molecule has 0 aliphatic heterocycles. The number of nitrogen functional groups attached to an aromatic ring is 1. The van der Waals surface area contributed by atoms with Crippen molar-refractivity contribution in [2.75, 3.05) is 17.8 Å². The van der Waals surface area contributed by atoms with E-state index in [0.717, 1.165) is 0 Å². The zero-order chi connectivity index (χ0) is 15.1. The van der Waals surface area contributed by atoms with Crippen LogP contribution in [0.1, 0.15) is 11.1 Å². The standard InChI is InChI=1S/C14H15FN4OS/c1-2-5-20-8-11-4-3-10(6-12(11)15)7-17-19-14-18-13(16)9-21-14/h2-4,6-7,9H,1,5,8,16H2,(H,18,19). The quantitative estimate of drug-likeness (QED) is 0.357. The number of aromatic nitrogens is 1. The molecule has 2 aromatic rings. The highest BCUT2D eigenvalue weighted by atomic mass is 32.1. The van der Waals surface area contributed by atoms with Crippen LogP contribution in [-0.4, -0.2) is 17.8 Å². The number of rotatable bonds is 7. The van der Waals surface area contributed by atoms with Crippen molar-refractivity contribution in [3.05, 3.63) is 53.2 Å². The van der Waals surface area contributed by atoms with Crippen LogP contribution >= 0.6 is 11.3 Å². The molecule has 1 heterocycles. The SMILES string of the molecule is C=CCOCc1ccc(C=NNc2nc(N)cs2)cc1F. The van der Waals surface area contributed by atoms with Crippen LogP contribution in [0.4, 0.5) is 15.3 Å². The minimum Gasteiger partial charge on any atom is -0.383 e. The highest BCUT2D eigenvalue weighted by Gasteiger charge is 2.03. The van der Waals surface area contributed by atoms with E-state index < -0.39 is 0 Å². The summed E-state index contributed by atoms with van der Waals surface area (Å²) in [5, 5.41) is 6.26. The smallest absolute Gasteiger partial charge is 0.205 e. The molecule has 110 valence electrons. The van der Waals surface area contributed by atoms with Gasteiger partial charge in [-0.2, -0.15) is 5.10 Å². The van der Waals surface area contributed by atoms with Crippen molar-refractivity contribution >= 4 is 28.5 Å². The van der Waals surface area contributed by atoms with Crippen LogP contribution < -0.4 is 11.2 Å². The summed E-state index contributed by atoms with van der Waals surface area (Å²) in [6.07, 6.45) is 3.13. The summed E-state index contributed by atoms with van der Waals surface area (Å²) in [4.78, 5) is 3.99. The minimum absolute atomic E-state index is 0.214. The first-order valence-electron chi connectivity index (χ1n) is 6.16. The molecule has 0 amide bonds. The van der Waals surface area contributed by atoms with Crippen LogP contribution in [0.15, 0.2) is 41.3 Å². The van der Waals surface area contributed by atoms with E-state index >= 15 is 0 Å². The van der Waals surface area contributed by atoms with Gasteiger partial charge in [0.2, 0.25) is 5.13 Å². The lowest BCUT2D eigenvalue weighted by molar-refractivity contribution is 0.146. The summed E-state index contributed by atoms with van der Waals surface area (Å²) in [7, 11) is 0. The minimum atomic E-state index is -0.332. The zero-order valence-electron chi connectivity index (χ0n) is 11.3. The summed E-state index contributed by atoms with van der Waals surface area (Å²) in [5.74, 6) is 0.106. The van der Waals surface area contributed by atoms with Gasteiger partial charge in [0.15, 0.2) is 0 Å². The number of thiazole rings is 1. The molecular weight excluding hydrogens is 291 g/mol. The first-order chi connectivity index (χ1) is 10.2. The largest absolute Gasteiger partial charge is 0.383 e. The zero-order valence-corrected chi connectivity index (χ0v) is 12.1. The van der Waals surface area contributed by atoms with Gasteiger partial charge >= 0.3 is 0 Å². The molecule has 0 bridgehead atoms. The van der Waals surface area contributed by atoms with Crippen molar-refractivity contribution in [1.82, 2.24) is 4.98 Å². The lowest BCUT2D eigenvalue weighted by Gasteiger charge is -2.04. The monoisotopic (exact) mass is 306 g/mol. The molecule has 0 saturated heterocycles. The number of hydrogen-bond acceptors (Lipinski definition) is 6. The van der Waals surface area contributed by atoms with Gasteiger partial charge in [-0.3, -0.25) is 5.43 Å². The molecule has 1 aromatic heterocycles. The Bertz CT molecular complexity index is 642. The molecule has 0 spiro atoms. The van der Waals surface area contributed by atoms with Gasteiger partial charge in [-0.25, -0.2) is 9.37 Å². The second-order valence-electron chi connectivity index (χ2n) is 4.10. The number of anilines is 2. The van der Waals surface area contributed by atoms with E-state index in [4.69, 9.17) is 10.5 Å². The third-order valence-corrected chi connectivity index (χ3v) is 3.23. The Morgan fingerprint density at radius 2 is 2.38 bits per heavy atom. The number of nitrogens with zero attached hydrogens (tertiary/aromatic N) is 2. The molecule has 7 heteroatoms. The summed E-state index contributed by atoms with van der Waals surface area (Å²) in [6.45, 7) is 4.14. The van der Waals surface area contributed by atoms with Crippen LogP contribution in [-0.2, 0) is 11.3 Å². The van der Waals surface area contributed by atoms with Crippen LogP contribution in [0.3, 0.4) is 0 Å². The maximum Gasteiger partial charge on any atom is 0.205 e. The van der Waals surface area contributed by atoms with E-state index in [1.165, 1.54) is 23.6 Å². The van der Waals surface area contributed by atoms with Gasteiger partial charge in [0.05, 0.1) is 19.4 Å². The van der Waals surface area contributed by atoms with E-state index in [0.29, 0.717) is 28.7 Å². The number of nitrogens with two attached hydrogens (primary N) is 1. The normalized spacial score (nSPS) is 10.9. The number of hydrogen-bond donors (Lipinski definition) is 2. The van der Waals surface area contributed by atoms with E-state index in [1.54, 1.807) is 23.6 Å². The number of benzene rings is 1. The van der Waals surface area contributed by atoms with Crippen molar-refractivity contribution in [2.45, 2.75) is 6.61 Å². The topological polar surface area (TPSA) is 72.5 Å². The Kier molecular flexibility index (Phi) is 5.42. The predicted molar refractivity (Wildman–Crippen MR) is 84.0 cm³/mol. The summed E-state index contributed by atoms with van der Waals surface area (Å²) in [5.41, 5.74) is 9.35. The van der Waals surface area contributed by atoms with Gasteiger partial charge in [0.25, 0.3) is 0 Å². The molecule has 0 saturated carbocycles. The Morgan fingerprint density at radius 1 is 1.52 bits per heavy atom. The molecule has 0 aliphatic carbocycles. The highest BCUT2D eigenvalue weighted by molar-refractivity contribution is 7.14. The number of ether oxygens (including phenoxy) is 1. The third kappa shape index (κ3) is 4.66. The van der Waals surface area contributed by atoms with E-state index in [2.05, 4.69) is 22.1 Å². The molecule has 0 radical (unpaired) electrons. The van der Waals surface area contributed by atoms with E-state index in [-0.39, 0.29) is 12.4 Å². The van der Waals surface area contributed by atoms with Crippen molar-refractivity contribution in [3.8, 4) is 0 Å². The average Bonchev–Trinajstić information content (AvgIpc) is 2.87. The third-order valence-electron chi connectivity index (χ3n) is 2.47. The fourth-order valence-electron chi connectivity index (χ4n) is 1.51. The second-order valence-corrected chi connectivity index (χ2v) is 4.96.